The third-order valence-electron chi connectivity index (χ3n) is 5.93. The molecule has 35 heavy (non-hydrogen) atoms. The molecule has 8 heteroatoms. The van der Waals surface area contributed by atoms with Gasteiger partial charge in [0, 0.05) is 31.2 Å². The molecule has 1 aromatic rings. The Morgan fingerprint density at radius 2 is 1.97 bits per heavy atom. The van der Waals surface area contributed by atoms with E-state index in [1.165, 1.54) is 24.3 Å². The monoisotopic (exact) mass is 496 g/mol. The number of carbonyl (C=O) groups excluding carboxylic acids is 1. The lowest BCUT2D eigenvalue weighted by molar-refractivity contribution is -0.147. The van der Waals surface area contributed by atoms with Crippen LogP contribution in [0.25, 0.3) is 0 Å². The van der Waals surface area contributed by atoms with Crippen LogP contribution in [0.1, 0.15) is 58.4 Å². The standard InChI is InChI=1S/C27H38F2O6/c1-18(2)35-26(33)12-7-5-4-6-11-22-23(25(32)16-24(22)31)14-13-20(30)17-34-21-10-8-9-19(15-21)27(3,28)29/h4,6,8-10,13-15,18,20,22-25,30-32H,5,7,11-12,16-17H2,1-3H3/b6-4-,14-13+/t20-,22-,23-,24+,25-/m1/s1. The smallest absolute Gasteiger partial charge is 0.306 e. The normalized spacial score (nSPS) is 23.9. The number of hydrogen-bond donors (Lipinski definition) is 3. The van der Waals surface area contributed by atoms with E-state index in [1.807, 2.05) is 26.0 Å². The molecule has 0 aliphatic heterocycles. The first-order valence-electron chi connectivity index (χ1n) is 12.2. The van der Waals surface area contributed by atoms with Crippen molar-refractivity contribution in [3.05, 3.63) is 54.1 Å². The minimum atomic E-state index is -2.99. The first-order valence-corrected chi connectivity index (χ1v) is 12.2. The number of carbonyl (C=O) groups is 1. The van der Waals surface area contributed by atoms with Crippen molar-refractivity contribution in [2.24, 2.45) is 11.8 Å². The van der Waals surface area contributed by atoms with E-state index in [2.05, 4.69) is 0 Å². The van der Waals surface area contributed by atoms with E-state index < -0.39 is 24.2 Å². The number of benzene rings is 1. The number of halogens is 2. The van der Waals surface area contributed by atoms with Crippen molar-refractivity contribution in [2.45, 2.75) is 83.2 Å². The molecule has 1 aliphatic rings. The van der Waals surface area contributed by atoms with Gasteiger partial charge in [-0.15, -0.1) is 0 Å². The van der Waals surface area contributed by atoms with Gasteiger partial charge in [-0.25, -0.2) is 8.78 Å². The fourth-order valence-corrected chi connectivity index (χ4v) is 4.12. The lowest BCUT2D eigenvalue weighted by Crippen LogP contribution is -2.21. The second-order valence-corrected chi connectivity index (χ2v) is 9.43. The van der Waals surface area contributed by atoms with Gasteiger partial charge in [0.25, 0.3) is 5.92 Å². The van der Waals surface area contributed by atoms with Gasteiger partial charge in [0.1, 0.15) is 18.5 Å². The van der Waals surface area contributed by atoms with Gasteiger partial charge < -0.3 is 24.8 Å². The van der Waals surface area contributed by atoms with Crippen molar-refractivity contribution >= 4 is 5.97 Å². The zero-order chi connectivity index (χ0) is 26.0. The van der Waals surface area contributed by atoms with Gasteiger partial charge in [0.05, 0.1) is 18.3 Å². The van der Waals surface area contributed by atoms with Crippen LogP contribution >= 0.6 is 0 Å². The molecule has 6 nitrogen and oxygen atoms in total. The summed E-state index contributed by atoms with van der Waals surface area (Å²) in [6.07, 6.45) is 7.08. The van der Waals surface area contributed by atoms with Crippen LogP contribution in [0.4, 0.5) is 8.78 Å². The van der Waals surface area contributed by atoms with Crippen LogP contribution in [-0.2, 0) is 15.5 Å². The van der Waals surface area contributed by atoms with Crippen molar-refractivity contribution in [3.63, 3.8) is 0 Å². The molecule has 3 N–H and O–H groups in total. The van der Waals surface area contributed by atoms with Gasteiger partial charge in [-0.2, -0.15) is 0 Å². The van der Waals surface area contributed by atoms with E-state index in [9.17, 15) is 28.9 Å². The van der Waals surface area contributed by atoms with Crippen molar-refractivity contribution in [2.75, 3.05) is 6.61 Å². The average molecular weight is 497 g/mol. The van der Waals surface area contributed by atoms with Gasteiger partial charge in [-0.3, -0.25) is 4.79 Å². The third-order valence-corrected chi connectivity index (χ3v) is 5.93. The number of rotatable bonds is 13. The fraction of sp³-hybridized carbons (Fsp3) is 0.593. The maximum atomic E-state index is 13.5. The maximum absolute atomic E-state index is 13.5. The van der Waals surface area contributed by atoms with Crippen LogP contribution in [0.2, 0.25) is 0 Å². The number of ether oxygens (including phenoxy) is 2. The summed E-state index contributed by atoms with van der Waals surface area (Å²) in [7, 11) is 0. The predicted molar refractivity (Wildman–Crippen MR) is 129 cm³/mol. The molecule has 0 saturated heterocycles. The van der Waals surface area contributed by atoms with Gasteiger partial charge in [0.2, 0.25) is 0 Å². The highest BCUT2D eigenvalue weighted by atomic mass is 19.3. The molecule has 0 radical (unpaired) electrons. The van der Waals surface area contributed by atoms with Gasteiger partial charge >= 0.3 is 5.97 Å². The van der Waals surface area contributed by atoms with Crippen LogP contribution in [0.3, 0.4) is 0 Å². The van der Waals surface area contributed by atoms with E-state index in [1.54, 1.807) is 12.1 Å². The molecule has 1 saturated carbocycles. The second kappa shape index (κ2) is 13.7. The highest BCUT2D eigenvalue weighted by molar-refractivity contribution is 5.69. The minimum absolute atomic E-state index is 0.122. The Morgan fingerprint density at radius 1 is 1.23 bits per heavy atom. The van der Waals surface area contributed by atoms with Crippen molar-refractivity contribution in [3.8, 4) is 5.75 Å². The highest BCUT2D eigenvalue weighted by Crippen LogP contribution is 2.36. The zero-order valence-corrected chi connectivity index (χ0v) is 20.6. The van der Waals surface area contributed by atoms with E-state index in [-0.39, 0.29) is 48.2 Å². The quantitative estimate of drug-likeness (QED) is 0.211. The minimum Gasteiger partial charge on any atom is -0.491 e. The first kappa shape index (κ1) is 28.9. The molecule has 0 aromatic heterocycles. The summed E-state index contributed by atoms with van der Waals surface area (Å²) < 4.78 is 37.5. The number of allylic oxidation sites excluding steroid dienone is 2. The van der Waals surface area contributed by atoms with Gasteiger partial charge in [-0.05, 0) is 51.2 Å². The molecular weight excluding hydrogens is 458 g/mol. The Kier molecular flexibility index (Phi) is 11.3. The molecule has 1 aromatic carbocycles. The number of unbranched alkanes of at least 4 members (excludes halogenated alkanes) is 1. The zero-order valence-electron chi connectivity index (χ0n) is 20.6. The number of hydrogen-bond acceptors (Lipinski definition) is 6. The van der Waals surface area contributed by atoms with Crippen LogP contribution in [0.5, 0.6) is 5.75 Å². The molecule has 0 bridgehead atoms. The van der Waals surface area contributed by atoms with E-state index in [0.29, 0.717) is 25.7 Å². The number of esters is 1. The van der Waals surface area contributed by atoms with Crippen LogP contribution in [0, 0.1) is 11.8 Å². The summed E-state index contributed by atoms with van der Waals surface area (Å²) in [6.45, 7) is 4.29. The Bertz CT molecular complexity index is 848. The van der Waals surface area contributed by atoms with E-state index in [4.69, 9.17) is 9.47 Å². The maximum Gasteiger partial charge on any atom is 0.306 e. The molecule has 1 aliphatic carbocycles. The van der Waals surface area contributed by atoms with Crippen LogP contribution in [-0.4, -0.2) is 52.3 Å². The topological polar surface area (TPSA) is 96.2 Å². The summed E-state index contributed by atoms with van der Waals surface area (Å²) in [5, 5.41) is 31.0. The Morgan fingerprint density at radius 3 is 2.66 bits per heavy atom. The molecule has 2 rings (SSSR count). The third kappa shape index (κ3) is 10.1. The summed E-state index contributed by atoms with van der Waals surface area (Å²) in [6, 6.07) is 5.56. The van der Waals surface area contributed by atoms with Crippen LogP contribution < -0.4 is 4.74 Å². The second-order valence-electron chi connectivity index (χ2n) is 9.43. The number of aliphatic hydroxyl groups is 3. The van der Waals surface area contributed by atoms with Crippen molar-refractivity contribution in [1.82, 2.24) is 0 Å². The average Bonchev–Trinajstić information content (AvgIpc) is 3.04. The lowest BCUT2D eigenvalue weighted by Gasteiger charge is -2.20. The lowest BCUT2D eigenvalue weighted by atomic mass is 9.89. The molecule has 5 atom stereocenters. The molecular formula is C27H38F2O6. The SMILES string of the molecule is CC(C)OC(=O)CCC/C=C\C[C@@H]1[C@@H](/C=C/[C@@H](O)COc2cccc(C(C)(F)F)c2)[C@H](O)C[C@@H]1O. The van der Waals surface area contributed by atoms with Crippen LogP contribution in [0.15, 0.2) is 48.6 Å². The summed E-state index contributed by atoms with van der Waals surface area (Å²) >= 11 is 0. The summed E-state index contributed by atoms with van der Waals surface area (Å²) in [5.74, 6) is -3.52. The molecule has 0 spiro atoms. The Labute approximate surface area is 206 Å². The van der Waals surface area contributed by atoms with Crippen molar-refractivity contribution < 1.29 is 38.4 Å². The molecule has 0 unspecified atom stereocenters. The fourth-order valence-electron chi connectivity index (χ4n) is 4.12. The largest absolute Gasteiger partial charge is 0.491 e. The van der Waals surface area contributed by atoms with E-state index in [0.717, 1.165) is 6.92 Å². The number of aliphatic hydroxyl groups excluding tert-OH is 3. The van der Waals surface area contributed by atoms with Crippen molar-refractivity contribution in [1.29, 1.82) is 0 Å². The molecule has 0 heterocycles. The van der Waals surface area contributed by atoms with E-state index >= 15 is 0 Å². The summed E-state index contributed by atoms with van der Waals surface area (Å²) in [5.41, 5.74) is -0.172. The Balaban J connectivity index is 1.82. The predicted octanol–water partition coefficient (Wildman–Crippen LogP) is 4.52. The number of alkyl halides is 2. The molecule has 1 fully saturated rings. The van der Waals surface area contributed by atoms with Gasteiger partial charge in [-0.1, -0.05) is 36.4 Å². The molecule has 0 amide bonds. The summed E-state index contributed by atoms with van der Waals surface area (Å²) in [4.78, 5) is 11.6. The van der Waals surface area contributed by atoms with Gasteiger partial charge in [0.15, 0.2) is 0 Å². The Hall–Kier alpha value is -2.29. The highest BCUT2D eigenvalue weighted by Gasteiger charge is 2.39. The molecule has 196 valence electrons. The first-order chi connectivity index (χ1) is 16.5.